The normalized spacial score (nSPS) is 20.3. The van der Waals surface area contributed by atoms with Crippen LogP contribution in [0.1, 0.15) is 30.9 Å². The van der Waals surface area contributed by atoms with Gasteiger partial charge in [0.25, 0.3) is 0 Å². The highest BCUT2D eigenvalue weighted by Crippen LogP contribution is 2.38. The maximum atomic E-state index is 5.87. The smallest absolute Gasteiger partial charge is 0.233 e. The molecule has 1 saturated carbocycles. The van der Waals surface area contributed by atoms with E-state index in [1.807, 2.05) is 12.1 Å². The molecule has 5 rings (SSSR count). The Labute approximate surface area is 149 Å². The van der Waals surface area contributed by atoms with E-state index in [0.717, 1.165) is 36.5 Å². The molecule has 2 aliphatic rings. The lowest BCUT2D eigenvalue weighted by atomic mass is 10.1. The summed E-state index contributed by atoms with van der Waals surface area (Å²) in [5.74, 6) is 2.79. The van der Waals surface area contributed by atoms with Crippen molar-refractivity contribution in [3.8, 4) is 5.88 Å². The van der Waals surface area contributed by atoms with E-state index in [0.29, 0.717) is 24.3 Å². The lowest BCUT2D eigenvalue weighted by Gasteiger charge is -2.18. The van der Waals surface area contributed by atoms with Gasteiger partial charge >= 0.3 is 0 Å². The molecule has 0 spiro atoms. The molecular formula is C18H19N5OS. The molecule has 7 heteroatoms. The first-order chi connectivity index (χ1) is 12.4. The Bertz CT molecular complexity index is 877. The van der Waals surface area contributed by atoms with Crippen molar-refractivity contribution in [1.82, 2.24) is 20.2 Å². The molecule has 0 bridgehead atoms. The van der Waals surface area contributed by atoms with Crippen LogP contribution in [0.4, 0.5) is 5.82 Å². The lowest BCUT2D eigenvalue weighted by molar-refractivity contribution is 0.249. The standard InChI is InChI=1S/C18H19N5OS/c1-2-13(1)14-3-4-16(22-21-14)24-10-12-5-7-23(9-12)18-17-15(6-8-25-17)19-11-20-18/h3-4,6,8,11-13H,1-2,5,7,9-10H2. The number of nitrogens with zero attached hydrogens (tertiary/aromatic N) is 5. The molecule has 25 heavy (non-hydrogen) atoms. The Morgan fingerprint density at radius 3 is 2.92 bits per heavy atom. The average molecular weight is 353 g/mol. The molecule has 1 saturated heterocycles. The molecule has 3 aromatic heterocycles. The van der Waals surface area contributed by atoms with Crippen molar-refractivity contribution in [2.24, 2.45) is 5.92 Å². The van der Waals surface area contributed by atoms with Crippen LogP contribution in [0.15, 0.2) is 29.9 Å². The van der Waals surface area contributed by atoms with Crippen molar-refractivity contribution in [1.29, 1.82) is 0 Å². The second-order valence-electron chi connectivity index (χ2n) is 6.81. The summed E-state index contributed by atoms with van der Waals surface area (Å²) in [5, 5.41) is 10.6. The fraction of sp³-hybridized carbons (Fsp3) is 0.444. The molecule has 4 heterocycles. The van der Waals surface area contributed by atoms with Gasteiger partial charge in [-0.25, -0.2) is 9.97 Å². The van der Waals surface area contributed by atoms with Gasteiger partial charge < -0.3 is 9.64 Å². The number of hydrogen-bond donors (Lipinski definition) is 0. The highest BCUT2D eigenvalue weighted by atomic mass is 32.1. The fourth-order valence-corrected chi connectivity index (χ4v) is 4.23. The minimum Gasteiger partial charge on any atom is -0.476 e. The van der Waals surface area contributed by atoms with E-state index >= 15 is 0 Å². The van der Waals surface area contributed by atoms with E-state index in [4.69, 9.17) is 4.74 Å². The van der Waals surface area contributed by atoms with Gasteiger partial charge in [0.2, 0.25) is 5.88 Å². The number of hydrogen-bond acceptors (Lipinski definition) is 7. The Balaban J connectivity index is 1.21. The van der Waals surface area contributed by atoms with Gasteiger partial charge in [0.1, 0.15) is 12.1 Å². The van der Waals surface area contributed by atoms with Crippen molar-refractivity contribution in [2.45, 2.75) is 25.2 Å². The molecule has 0 N–H and O–H groups in total. The summed E-state index contributed by atoms with van der Waals surface area (Å²) in [6.45, 7) is 2.63. The predicted molar refractivity (Wildman–Crippen MR) is 97.2 cm³/mol. The van der Waals surface area contributed by atoms with Gasteiger partial charge in [0.05, 0.1) is 22.5 Å². The highest BCUT2D eigenvalue weighted by molar-refractivity contribution is 7.17. The molecule has 0 radical (unpaired) electrons. The first-order valence-electron chi connectivity index (χ1n) is 8.76. The largest absolute Gasteiger partial charge is 0.476 e. The molecule has 6 nitrogen and oxygen atoms in total. The molecule has 1 aliphatic heterocycles. The van der Waals surface area contributed by atoms with Crippen LogP contribution < -0.4 is 9.64 Å². The summed E-state index contributed by atoms with van der Waals surface area (Å²) >= 11 is 1.70. The van der Waals surface area contributed by atoms with E-state index in [2.05, 4.69) is 36.5 Å². The van der Waals surface area contributed by atoms with Crippen molar-refractivity contribution >= 4 is 27.4 Å². The summed E-state index contributed by atoms with van der Waals surface area (Å²) in [6, 6.07) is 6.05. The maximum absolute atomic E-state index is 5.87. The zero-order valence-corrected chi connectivity index (χ0v) is 14.7. The Hall–Kier alpha value is -2.28. The van der Waals surface area contributed by atoms with Gasteiger partial charge in [-0.2, -0.15) is 5.10 Å². The zero-order valence-electron chi connectivity index (χ0n) is 13.8. The van der Waals surface area contributed by atoms with Crippen LogP contribution in [0.25, 0.3) is 10.2 Å². The molecule has 1 atom stereocenters. The minimum absolute atomic E-state index is 0.481. The predicted octanol–water partition coefficient (Wildman–Crippen LogP) is 3.26. The van der Waals surface area contributed by atoms with Crippen LogP contribution in [0.5, 0.6) is 5.88 Å². The van der Waals surface area contributed by atoms with Gasteiger partial charge in [0.15, 0.2) is 0 Å². The summed E-state index contributed by atoms with van der Waals surface area (Å²) in [6.07, 6.45) is 5.25. The highest BCUT2D eigenvalue weighted by Gasteiger charge is 2.27. The monoisotopic (exact) mass is 353 g/mol. The van der Waals surface area contributed by atoms with Crippen LogP contribution >= 0.6 is 11.3 Å². The second kappa shape index (κ2) is 6.22. The lowest BCUT2D eigenvalue weighted by Crippen LogP contribution is -2.23. The van der Waals surface area contributed by atoms with Crippen molar-refractivity contribution < 1.29 is 4.74 Å². The molecule has 128 valence electrons. The first-order valence-corrected chi connectivity index (χ1v) is 9.64. The second-order valence-corrected chi connectivity index (χ2v) is 7.73. The SMILES string of the molecule is c1nc(N2CCC(COc3ccc(C4CC4)nn3)C2)c2sccc2n1. The average Bonchev–Trinajstić information content (AvgIpc) is 3.19. The summed E-state index contributed by atoms with van der Waals surface area (Å²) in [4.78, 5) is 11.2. The number of ether oxygens (including phenoxy) is 1. The van der Waals surface area contributed by atoms with Gasteiger partial charge in [-0.15, -0.1) is 16.4 Å². The van der Waals surface area contributed by atoms with E-state index < -0.39 is 0 Å². The van der Waals surface area contributed by atoms with E-state index in [1.165, 1.54) is 17.5 Å². The van der Waals surface area contributed by atoms with Crippen LogP contribution in [0, 0.1) is 5.92 Å². The minimum atomic E-state index is 0.481. The summed E-state index contributed by atoms with van der Waals surface area (Å²) in [5.41, 5.74) is 2.13. The Morgan fingerprint density at radius 2 is 2.08 bits per heavy atom. The van der Waals surface area contributed by atoms with Crippen LogP contribution in [0.2, 0.25) is 0 Å². The molecule has 2 fully saturated rings. The Kier molecular flexibility index (Phi) is 3.73. The van der Waals surface area contributed by atoms with Gasteiger partial charge in [-0.05, 0) is 36.8 Å². The molecule has 0 amide bonds. The van der Waals surface area contributed by atoms with Gasteiger partial charge in [0, 0.05) is 31.0 Å². The zero-order chi connectivity index (χ0) is 16.6. The number of rotatable bonds is 5. The molecule has 3 aromatic rings. The van der Waals surface area contributed by atoms with Crippen molar-refractivity contribution in [3.63, 3.8) is 0 Å². The van der Waals surface area contributed by atoms with Crippen LogP contribution in [-0.2, 0) is 0 Å². The van der Waals surface area contributed by atoms with E-state index in [9.17, 15) is 0 Å². The van der Waals surface area contributed by atoms with Crippen LogP contribution in [0.3, 0.4) is 0 Å². The molecule has 1 aliphatic carbocycles. The summed E-state index contributed by atoms with van der Waals surface area (Å²) in [7, 11) is 0. The van der Waals surface area contributed by atoms with Crippen molar-refractivity contribution in [3.05, 3.63) is 35.6 Å². The fourth-order valence-electron chi connectivity index (χ4n) is 3.37. The maximum Gasteiger partial charge on any atom is 0.233 e. The number of aromatic nitrogens is 4. The third-order valence-electron chi connectivity index (χ3n) is 4.93. The molecular weight excluding hydrogens is 334 g/mol. The van der Waals surface area contributed by atoms with Gasteiger partial charge in [-0.3, -0.25) is 0 Å². The number of thiophene rings is 1. The quantitative estimate of drug-likeness (QED) is 0.701. The third-order valence-corrected chi connectivity index (χ3v) is 5.83. The van der Waals surface area contributed by atoms with E-state index in [-0.39, 0.29) is 0 Å². The van der Waals surface area contributed by atoms with E-state index in [1.54, 1.807) is 17.7 Å². The molecule has 0 aromatic carbocycles. The number of fused-ring (bicyclic) bond motifs is 1. The number of anilines is 1. The first kappa shape index (κ1) is 15.0. The van der Waals surface area contributed by atoms with Gasteiger partial charge in [-0.1, -0.05) is 0 Å². The summed E-state index contributed by atoms with van der Waals surface area (Å²) < 4.78 is 7.04. The topological polar surface area (TPSA) is 64.0 Å². The van der Waals surface area contributed by atoms with Crippen molar-refractivity contribution in [2.75, 3.05) is 24.6 Å². The third kappa shape index (κ3) is 3.04. The Morgan fingerprint density at radius 1 is 1.12 bits per heavy atom. The van der Waals surface area contributed by atoms with Crippen LogP contribution in [-0.4, -0.2) is 39.9 Å². The molecule has 1 unspecified atom stereocenters.